The summed E-state index contributed by atoms with van der Waals surface area (Å²) in [6, 6.07) is 4.74. The number of hydrogen-bond donors (Lipinski definition) is 1. The molecule has 0 aromatic heterocycles. The minimum absolute atomic E-state index is 0.274. The number of primary amides is 1. The number of carbonyl (C=O) groups excluding carboxylic acids is 2. The van der Waals surface area contributed by atoms with Gasteiger partial charge < -0.3 is 19.9 Å². The highest BCUT2D eigenvalue weighted by Crippen LogP contribution is 2.29. The lowest BCUT2D eigenvalue weighted by molar-refractivity contribution is -0.125. The summed E-state index contributed by atoms with van der Waals surface area (Å²) in [6.07, 6.45) is -0.116. The van der Waals surface area contributed by atoms with Crippen molar-refractivity contribution < 1.29 is 23.8 Å². The van der Waals surface area contributed by atoms with E-state index in [9.17, 15) is 9.59 Å². The fraction of sp³-hybridized carbons (Fsp3) is 0.467. The van der Waals surface area contributed by atoms with Crippen LogP contribution in [0.3, 0.4) is 0 Å². The summed E-state index contributed by atoms with van der Waals surface area (Å²) in [5.74, 6) is -0.300. The Kier molecular flexibility index (Phi) is 6.52. The van der Waals surface area contributed by atoms with E-state index in [-0.39, 0.29) is 5.56 Å². The summed E-state index contributed by atoms with van der Waals surface area (Å²) >= 11 is 0. The molecule has 1 atom stereocenters. The van der Waals surface area contributed by atoms with Gasteiger partial charge in [0, 0.05) is 0 Å². The van der Waals surface area contributed by atoms with Gasteiger partial charge in [0.05, 0.1) is 18.8 Å². The summed E-state index contributed by atoms with van der Waals surface area (Å²) in [5, 5.41) is 0. The maximum Gasteiger partial charge on any atom is 0.339 e. The second-order valence-electron chi connectivity index (χ2n) is 4.39. The van der Waals surface area contributed by atoms with Crippen molar-refractivity contribution in [2.75, 3.05) is 13.2 Å². The molecule has 2 N–H and O–H groups in total. The number of esters is 1. The van der Waals surface area contributed by atoms with Crippen molar-refractivity contribution in [3.8, 4) is 11.5 Å². The minimum atomic E-state index is -0.982. The molecule has 0 spiro atoms. The van der Waals surface area contributed by atoms with Crippen molar-refractivity contribution >= 4 is 11.9 Å². The Morgan fingerprint density at radius 3 is 2.48 bits per heavy atom. The second kappa shape index (κ2) is 8.14. The molecule has 0 bridgehead atoms. The fourth-order valence-electron chi connectivity index (χ4n) is 1.52. The van der Waals surface area contributed by atoms with Crippen molar-refractivity contribution in [1.82, 2.24) is 0 Å². The number of nitrogens with two attached hydrogens (primary N) is 1. The quantitative estimate of drug-likeness (QED) is 0.740. The lowest BCUT2D eigenvalue weighted by Gasteiger charge is -2.14. The van der Waals surface area contributed by atoms with Gasteiger partial charge in [0.15, 0.2) is 17.6 Å². The van der Waals surface area contributed by atoms with Crippen LogP contribution < -0.4 is 15.2 Å². The Morgan fingerprint density at radius 2 is 1.90 bits per heavy atom. The molecule has 1 amide bonds. The number of ether oxygens (including phenoxy) is 3. The Balaban J connectivity index is 2.90. The average Bonchev–Trinajstić information content (AvgIpc) is 2.45. The number of benzene rings is 1. The number of rotatable bonds is 8. The highest BCUT2D eigenvalue weighted by atomic mass is 16.5. The summed E-state index contributed by atoms with van der Waals surface area (Å²) in [4.78, 5) is 22.8. The van der Waals surface area contributed by atoms with Crippen molar-refractivity contribution in [3.05, 3.63) is 23.8 Å². The van der Waals surface area contributed by atoms with Gasteiger partial charge >= 0.3 is 5.97 Å². The van der Waals surface area contributed by atoms with Crippen LogP contribution in [0, 0.1) is 0 Å². The number of hydrogen-bond acceptors (Lipinski definition) is 5. The molecular formula is C15H21NO5. The van der Waals surface area contributed by atoms with Crippen LogP contribution in [0.25, 0.3) is 0 Å². The molecule has 0 fully saturated rings. The third kappa shape index (κ3) is 4.98. The minimum Gasteiger partial charge on any atom is -0.490 e. The van der Waals surface area contributed by atoms with Gasteiger partial charge in [-0.25, -0.2) is 4.79 Å². The van der Waals surface area contributed by atoms with E-state index in [0.29, 0.717) is 24.7 Å². The fourth-order valence-corrected chi connectivity index (χ4v) is 1.52. The zero-order chi connectivity index (χ0) is 15.8. The molecule has 0 aliphatic heterocycles. The van der Waals surface area contributed by atoms with E-state index in [1.165, 1.54) is 13.0 Å². The van der Waals surface area contributed by atoms with E-state index in [4.69, 9.17) is 19.9 Å². The zero-order valence-electron chi connectivity index (χ0n) is 12.5. The molecule has 0 saturated heterocycles. The summed E-state index contributed by atoms with van der Waals surface area (Å²) in [7, 11) is 0. The molecule has 0 heterocycles. The van der Waals surface area contributed by atoms with Crippen LogP contribution in [0.15, 0.2) is 18.2 Å². The highest BCUT2D eigenvalue weighted by molar-refractivity contribution is 5.92. The molecule has 116 valence electrons. The maximum atomic E-state index is 11.9. The van der Waals surface area contributed by atoms with E-state index in [1.54, 1.807) is 12.1 Å². The van der Waals surface area contributed by atoms with Gasteiger partial charge in [-0.15, -0.1) is 0 Å². The largest absolute Gasteiger partial charge is 0.490 e. The highest BCUT2D eigenvalue weighted by Gasteiger charge is 2.18. The Morgan fingerprint density at radius 1 is 1.19 bits per heavy atom. The summed E-state index contributed by atoms with van der Waals surface area (Å²) < 4.78 is 15.9. The van der Waals surface area contributed by atoms with Crippen LogP contribution in [-0.2, 0) is 9.53 Å². The zero-order valence-corrected chi connectivity index (χ0v) is 12.5. The monoisotopic (exact) mass is 295 g/mol. The van der Waals surface area contributed by atoms with Crippen LogP contribution in [0.2, 0.25) is 0 Å². The van der Waals surface area contributed by atoms with Crippen LogP contribution in [0.4, 0.5) is 0 Å². The van der Waals surface area contributed by atoms with Crippen LogP contribution >= 0.6 is 0 Å². The standard InChI is InChI=1S/C15H21NO5/c1-4-8-20-12-7-6-11(9-13(12)19-5-2)15(18)21-10(3)14(16)17/h6-7,9-10H,4-5,8H2,1-3H3,(H2,16,17)/t10-/m1/s1. The van der Waals surface area contributed by atoms with Crippen LogP contribution in [-0.4, -0.2) is 31.2 Å². The summed E-state index contributed by atoms with van der Waals surface area (Å²) in [5.41, 5.74) is 5.33. The molecule has 6 heteroatoms. The van der Waals surface area contributed by atoms with Crippen molar-refractivity contribution in [3.63, 3.8) is 0 Å². The van der Waals surface area contributed by atoms with Crippen LogP contribution in [0.5, 0.6) is 11.5 Å². The Hall–Kier alpha value is -2.24. The Bertz CT molecular complexity index is 501. The topological polar surface area (TPSA) is 87.9 Å². The predicted molar refractivity (Wildman–Crippen MR) is 77.5 cm³/mol. The van der Waals surface area contributed by atoms with Crippen molar-refractivity contribution in [2.45, 2.75) is 33.3 Å². The average molecular weight is 295 g/mol. The van der Waals surface area contributed by atoms with Gasteiger partial charge in [-0.1, -0.05) is 6.92 Å². The van der Waals surface area contributed by atoms with Crippen molar-refractivity contribution in [1.29, 1.82) is 0 Å². The van der Waals surface area contributed by atoms with E-state index < -0.39 is 18.0 Å². The molecule has 1 aromatic carbocycles. The van der Waals surface area contributed by atoms with E-state index in [0.717, 1.165) is 6.42 Å². The van der Waals surface area contributed by atoms with Crippen LogP contribution in [0.1, 0.15) is 37.6 Å². The smallest absolute Gasteiger partial charge is 0.339 e. The Labute approximate surface area is 124 Å². The normalized spacial score (nSPS) is 11.6. The lowest BCUT2D eigenvalue weighted by Crippen LogP contribution is -2.30. The molecule has 1 aromatic rings. The molecule has 0 saturated carbocycles. The SMILES string of the molecule is CCCOc1ccc(C(=O)O[C@H](C)C(N)=O)cc1OCC. The first-order valence-corrected chi connectivity index (χ1v) is 6.89. The van der Waals surface area contributed by atoms with Gasteiger partial charge in [0.1, 0.15) is 0 Å². The number of amides is 1. The first kappa shape index (κ1) is 16.8. The molecule has 1 rings (SSSR count). The third-order valence-electron chi connectivity index (χ3n) is 2.63. The molecule has 21 heavy (non-hydrogen) atoms. The van der Waals surface area contributed by atoms with Gasteiger partial charge in [0.25, 0.3) is 5.91 Å². The van der Waals surface area contributed by atoms with Gasteiger partial charge in [-0.05, 0) is 38.5 Å². The molecular weight excluding hydrogens is 274 g/mol. The van der Waals surface area contributed by atoms with E-state index in [2.05, 4.69) is 0 Å². The van der Waals surface area contributed by atoms with E-state index in [1.807, 2.05) is 13.8 Å². The number of carbonyl (C=O) groups is 2. The predicted octanol–water partition coefficient (Wildman–Crippen LogP) is 1.90. The van der Waals surface area contributed by atoms with Crippen molar-refractivity contribution in [2.24, 2.45) is 5.73 Å². The molecule has 6 nitrogen and oxygen atoms in total. The lowest BCUT2D eigenvalue weighted by atomic mass is 10.2. The van der Waals surface area contributed by atoms with Gasteiger partial charge in [0.2, 0.25) is 0 Å². The molecule has 0 unspecified atom stereocenters. The van der Waals surface area contributed by atoms with Gasteiger partial charge in [-0.2, -0.15) is 0 Å². The molecule has 0 aliphatic rings. The van der Waals surface area contributed by atoms with E-state index >= 15 is 0 Å². The van der Waals surface area contributed by atoms with Gasteiger partial charge in [-0.3, -0.25) is 4.79 Å². The molecule has 0 aliphatic carbocycles. The first-order valence-electron chi connectivity index (χ1n) is 6.89. The first-order chi connectivity index (χ1) is 9.99. The third-order valence-corrected chi connectivity index (χ3v) is 2.63. The summed E-state index contributed by atoms with van der Waals surface area (Å²) in [6.45, 7) is 6.25. The maximum absolute atomic E-state index is 11.9. The molecule has 0 radical (unpaired) electrons. The second-order valence-corrected chi connectivity index (χ2v) is 4.39.